The number of amides is 1. The lowest BCUT2D eigenvalue weighted by Gasteiger charge is -2.11. The van der Waals surface area contributed by atoms with Crippen molar-refractivity contribution in [3.63, 3.8) is 0 Å². The van der Waals surface area contributed by atoms with Crippen molar-refractivity contribution in [1.29, 1.82) is 0 Å². The molecule has 1 aliphatic carbocycles. The van der Waals surface area contributed by atoms with Gasteiger partial charge in [0.05, 0.1) is 12.3 Å². The quantitative estimate of drug-likeness (QED) is 0.238. The first-order valence-electron chi connectivity index (χ1n) is 11.6. The molecular weight excluding hydrogens is 510 g/mol. The van der Waals surface area contributed by atoms with Crippen LogP contribution in [0.5, 0.6) is 5.88 Å². The van der Waals surface area contributed by atoms with Crippen LogP contribution in [0.1, 0.15) is 25.0 Å². The summed E-state index contributed by atoms with van der Waals surface area (Å²) in [5.41, 5.74) is 2.80. The number of pyridine rings is 3. The van der Waals surface area contributed by atoms with Gasteiger partial charge in [0, 0.05) is 60.5 Å². The van der Waals surface area contributed by atoms with Crippen molar-refractivity contribution < 1.29 is 9.53 Å². The summed E-state index contributed by atoms with van der Waals surface area (Å²) in [5.74, 6) is 2.01. The number of fused-ring (bicyclic) bond motifs is 1. The molecule has 4 aromatic heterocycles. The summed E-state index contributed by atoms with van der Waals surface area (Å²) in [6.07, 6.45) is 7.08. The molecule has 1 amide bonds. The van der Waals surface area contributed by atoms with E-state index in [9.17, 15) is 4.79 Å². The number of carbonyl (C=O) groups is 1. The number of aryl methyl sites for hydroxylation is 2. The molecule has 180 valence electrons. The minimum atomic E-state index is 0.0293. The first kappa shape index (κ1) is 23.2. The Morgan fingerprint density at radius 3 is 2.83 bits per heavy atom. The zero-order chi connectivity index (χ0) is 24.4. The van der Waals surface area contributed by atoms with E-state index in [4.69, 9.17) is 9.84 Å². The number of halogens is 1. The van der Waals surface area contributed by atoms with Gasteiger partial charge in [0.25, 0.3) is 0 Å². The molecule has 0 radical (unpaired) electrons. The second-order valence-electron chi connectivity index (χ2n) is 8.54. The Morgan fingerprint density at radius 2 is 2.06 bits per heavy atom. The molecule has 4 aromatic rings. The van der Waals surface area contributed by atoms with Crippen molar-refractivity contribution in [3.8, 4) is 17.1 Å². The first-order valence-corrected chi connectivity index (χ1v) is 12.4. The van der Waals surface area contributed by atoms with Crippen LogP contribution in [0.2, 0.25) is 0 Å². The van der Waals surface area contributed by atoms with Gasteiger partial charge in [0.15, 0.2) is 0 Å². The Morgan fingerprint density at radius 1 is 1.20 bits per heavy atom. The van der Waals surface area contributed by atoms with Crippen LogP contribution in [0.25, 0.3) is 22.0 Å². The summed E-state index contributed by atoms with van der Waals surface area (Å²) in [5, 5.41) is 12.6. The number of hydrogen-bond acceptors (Lipinski definition) is 7. The van der Waals surface area contributed by atoms with E-state index < -0.39 is 0 Å². The van der Waals surface area contributed by atoms with Crippen molar-refractivity contribution in [2.24, 2.45) is 13.0 Å². The Bertz CT molecular complexity index is 1380. The lowest BCUT2D eigenvalue weighted by molar-refractivity contribution is -0.117. The number of hydrogen-bond donors (Lipinski definition) is 2. The molecule has 1 fully saturated rings. The molecule has 0 saturated heterocycles. The fourth-order valence-electron chi connectivity index (χ4n) is 3.95. The van der Waals surface area contributed by atoms with E-state index in [1.165, 1.54) is 0 Å². The van der Waals surface area contributed by atoms with Gasteiger partial charge in [-0.2, -0.15) is 5.10 Å². The monoisotopic (exact) mass is 535 g/mol. The molecule has 0 unspecified atom stereocenters. The van der Waals surface area contributed by atoms with Crippen LogP contribution in [0.15, 0.2) is 47.3 Å². The average molecular weight is 536 g/mol. The number of rotatable bonds is 9. The summed E-state index contributed by atoms with van der Waals surface area (Å²) in [4.78, 5) is 25.6. The molecule has 1 saturated carbocycles. The zero-order valence-corrected chi connectivity index (χ0v) is 21.2. The van der Waals surface area contributed by atoms with Gasteiger partial charge >= 0.3 is 0 Å². The fraction of sp³-hybridized carbons (Fsp3) is 0.320. The highest BCUT2D eigenvalue weighted by Gasteiger charge is 2.30. The molecule has 0 atom stereocenters. The van der Waals surface area contributed by atoms with E-state index in [0.717, 1.165) is 63.8 Å². The third-order valence-electron chi connectivity index (χ3n) is 5.98. The normalized spacial score (nSPS) is 13.1. The maximum absolute atomic E-state index is 12.3. The molecule has 0 aromatic carbocycles. The topological polar surface area (TPSA) is 107 Å². The van der Waals surface area contributed by atoms with Gasteiger partial charge in [0.1, 0.15) is 16.2 Å². The first-order chi connectivity index (χ1) is 17.0. The number of ether oxygens (including phenoxy) is 1. The Kier molecular flexibility index (Phi) is 6.63. The van der Waals surface area contributed by atoms with Crippen LogP contribution in [-0.2, 0) is 18.3 Å². The van der Waals surface area contributed by atoms with E-state index in [1.807, 2.05) is 49.2 Å². The van der Waals surface area contributed by atoms with Crippen LogP contribution < -0.4 is 15.4 Å². The molecule has 0 bridgehead atoms. The van der Waals surface area contributed by atoms with Crippen molar-refractivity contribution in [3.05, 3.63) is 53.0 Å². The number of carbonyl (C=O) groups excluding carboxylic acids is 1. The smallest absolute Gasteiger partial charge is 0.228 e. The van der Waals surface area contributed by atoms with E-state index in [1.54, 1.807) is 6.20 Å². The third kappa shape index (κ3) is 5.27. The van der Waals surface area contributed by atoms with Crippen LogP contribution in [0.3, 0.4) is 0 Å². The molecule has 10 heteroatoms. The summed E-state index contributed by atoms with van der Waals surface area (Å²) >= 11 is 3.36. The maximum atomic E-state index is 12.3. The molecule has 0 aliphatic heterocycles. The van der Waals surface area contributed by atoms with E-state index in [2.05, 4.69) is 47.6 Å². The number of anilines is 2. The SMILES string of the molecule is CNc1ncc(-c2cc(CCCOc3cccc(Br)n3)n(C)n2)c2cc(NC(=O)C3CC3)ncc12. The third-order valence-corrected chi connectivity index (χ3v) is 6.42. The van der Waals surface area contributed by atoms with Crippen molar-refractivity contribution in [2.45, 2.75) is 25.7 Å². The van der Waals surface area contributed by atoms with Gasteiger partial charge in [-0.05, 0) is 59.8 Å². The van der Waals surface area contributed by atoms with Gasteiger partial charge in [-0.1, -0.05) is 6.07 Å². The van der Waals surface area contributed by atoms with Gasteiger partial charge < -0.3 is 15.4 Å². The fourth-order valence-corrected chi connectivity index (χ4v) is 4.28. The van der Waals surface area contributed by atoms with Gasteiger partial charge in [0.2, 0.25) is 11.8 Å². The molecule has 9 nitrogen and oxygen atoms in total. The second kappa shape index (κ2) is 9.99. The largest absolute Gasteiger partial charge is 0.478 e. The van der Waals surface area contributed by atoms with E-state index in [-0.39, 0.29) is 11.8 Å². The molecule has 2 N–H and O–H groups in total. The van der Waals surface area contributed by atoms with Crippen molar-refractivity contribution in [2.75, 3.05) is 24.3 Å². The lowest BCUT2D eigenvalue weighted by Crippen LogP contribution is -2.14. The molecule has 1 aliphatic rings. The molecule has 4 heterocycles. The predicted molar refractivity (Wildman–Crippen MR) is 138 cm³/mol. The second-order valence-corrected chi connectivity index (χ2v) is 9.36. The highest BCUT2D eigenvalue weighted by atomic mass is 79.9. The number of nitrogens with one attached hydrogen (secondary N) is 2. The van der Waals surface area contributed by atoms with Gasteiger partial charge in [-0.3, -0.25) is 9.48 Å². The van der Waals surface area contributed by atoms with Gasteiger partial charge in [-0.25, -0.2) is 15.0 Å². The molecule has 35 heavy (non-hydrogen) atoms. The van der Waals surface area contributed by atoms with Crippen molar-refractivity contribution >= 4 is 44.2 Å². The number of aromatic nitrogens is 5. The Labute approximate surface area is 211 Å². The molecule has 0 spiro atoms. The van der Waals surface area contributed by atoms with Crippen LogP contribution in [0.4, 0.5) is 11.6 Å². The Balaban J connectivity index is 1.36. The predicted octanol–water partition coefficient (Wildman–Crippen LogP) is 4.59. The minimum absolute atomic E-state index is 0.0293. The lowest BCUT2D eigenvalue weighted by atomic mass is 10.1. The minimum Gasteiger partial charge on any atom is -0.478 e. The van der Waals surface area contributed by atoms with Crippen LogP contribution in [0, 0.1) is 5.92 Å². The van der Waals surface area contributed by atoms with Crippen molar-refractivity contribution in [1.82, 2.24) is 24.7 Å². The Hall–Kier alpha value is -3.53. The standard InChI is InChI=1S/C25H26BrN7O2/c1-27-24-19-14-28-22(31-25(34)15-8-9-15)12-17(19)18(13-29-24)20-11-16(33(2)32-20)5-4-10-35-23-7-3-6-21(26)30-23/h3,6-7,11-15H,4-5,8-10H2,1-2H3,(H,27,29)(H,28,31,34). The van der Waals surface area contributed by atoms with Crippen LogP contribution >= 0.6 is 15.9 Å². The molecular formula is C25H26BrN7O2. The summed E-state index contributed by atoms with van der Waals surface area (Å²) in [6.45, 7) is 0.557. The summed E-state index contributed by atoms with van der Waals surface area (Å²) < 4.78 is 8.40. The highest BCUT2D eigenvalue weighted by molar-refractivity contribution is 9.10. The van der Waals surface area contributed by atoms with E-state index >= 15 is 0 Å². The van der Waals surface area contributed by atoms with Crippen LogP contribution in [-0.4, -0.2) is 44.3 Å². The summed E-state index contributed by atoms with van der Waals surface area (Å²) in [7, 11) is 3.77. The summed E-state index contributed by atoms with van der Waals surface area (Å²) in [6, 6.07) is 9.59. The maximum Gasteiger partial charge on any atom is 0.228 e. The zero-order valence-electron chi connectivity index (χ0n) is 19.6. The van der Waals surface area contributed by atoms with Gasteiger partial charge in [-0.15, -0.1) is 0 Å². The highest BCUT2D eigenvalue weighted by Crippen LogP contribution is 2.34. The molecule has 5 rings (SSSR count). The average Bonchev–Trinajstić information content (AvgIpc) is 3.64. The number of nitrogens with zero attached hydrogens (tertiary/aromatic N) is 5. The van der Waals surface area contributed by atoms with E-state index in [0.29, 0.717) is 18.3 Å².